The normalized spacial score (nSPS) is 14.4. The highest BCUT2D eigenvalue weighted by Crippen LogP contribution is 2.29. The standard InChI is InChI=1S/C15H15N3O2S2/c1-11-10-22-14(16-11)18(12-5-3-2-4-6-12)13(19)9-17-7-8-21-15(17)20/h2-6,10H,7-9H2,1H3. The highest BCUT2D eigenvalue weighted by Gasteiger charge is 2.28. The third-order valence-corrected chi connectivity index (χ3v) is 5.07. The Balaban J connectivity index is 1.88. The van der Waals surface area contributed by atoms with E-state index in [1.54, 1.807) is 9.80 Å². The van der Waals surface area contributed by atoms with Gasteiger partial charge in [0.1, 0.15) is 6.54 Å². The number of aryl methyl sites for hydroxylation is 1. The number of rotatable bonds is 4. The van der Waals surface area contributed by atoms with Crippen LogP contribution >= 0.6 is 23.1 Å². The molecule has 1 fully saturated rings. The second kappa shape index (κ2) is 6.50. The number of aromatic nitrogens is 1. The van der Waals surface area contributed by atoms with Crippen molar-refractivity contribution in [3.05, 3.63) is 41.4 Å². The lowest BCUT2D eigenvalue weighted by molar-refractivity contribution is -0.118. The van der Waals surface area contributed by atoms with Crippen LogP contribution in [0.2, 0.25) is 0 Å². The van der Waals surface area contributed by atoms with Crippen molar-refractivity contribution in [2.45, 2.75) is 6.92 Å². The smallest absolute Gasteiger partial charge is 0.282 e. The summed E-state index contributed by atoms with van der Waals surface area (Å²) in [7, 11) is 0. The molecule has 0 saturated carbocycles. The molecule has 2 aromatic rings. The minimum Gasteiger partial charge on any atom is -0.323 e. The van der Waals surface area contributed by atoms with Crippen LogP contribution in [-0.2, 0) is 4.79 Å². The summed E-state index contributed by atoms with van der Waals surface area (Å²) in [5.74, 6) is 0.602. The molecule has 2 amide bonds. The van der Waals surface area contributed by atoms with E-state index in [0.29, 0.717) is 11.7 Å². The average Bonchev–Trinajstić information content (AvgIpc) is 3.10. The summed E-state index contributed by atoms with van der Waals surface area (Å²) in [6.07, 6.45) is 0. The van der Waals surface area contributed by atoms with Crippen molar-refractivity contribution in [1.82, 2.24) is 9.88 Å². The van der Waals surface area contributed by atoms with E-state index < -0.39 is 0 Å². The summed E-state index contributed by atoms with van der Waals surface area (Å²) < 4.78 is 0. The first-order valence-electron chi connectivity index (χ1n) is 6.87. The van der Waals surface area contributed by atoms with Crippen molar-refractivity contribution in [3.8, 4) is 0 Å². The number of hydrogen-bond acceptors (Lipinski definition) is 5. The van der Waals surface area contributed by atoms with Crippen LogP contribution in [0, 0.1) is 6.92 Å². The van der Waals surface area contributed by atoms with Gasteiger partial charge in [-0.3, -0.25) is 14.5 Å². The fourth-order valence-corrected chi connectivity index (χ4v) is 3.85. The fourth-order valence-electron chi connectivity index (χ4n) is 2.19. The summed E-state index contributed by atoms with van der Waals surface area (Å²) >= 11 is 2.68. The lowest BCUT2D eigenvalue weighted by atomic mass is 10.3. The molecule has 1 aromatic heterocycles. The van der Waals surface area contributed by atoms with Gasteiger partial charge in [-0.1, -0.05) is 30.0 Å². The molecular weight excluding hydrogens is 318 g/mol. The van der Waals surface area contributed by atoms with Crippen molar-refractivity contribution in [2.75, 3.05) is 23.7 Å². The molecule has 0 bridgehead atoms. The molecule has 1 saturated heterocycles. The second-order valence-corrected chi connectivity index (χ2v) is 6.75. The van der Waals surface area contributed by atoms with E-state index in [2.05, 4.69) is 4.98 Å². The van der Waals surface area contributed by atoms with E-state index in [1.165, 1.54) is 23.1 Å². The zero-order valence-electron chi connectivity index (χ0n) is 12.1. The number of hydrogen-bond donors (Lipinski definition) is 0. The molecule has 114 valence electrons. The lowest BCUT2D eigenvalue weighted by Crippen LogP contribution is -2.38. The fraction of sp³-hybridized carbons (Fsp3) is 0.267. The zero-order chi connectivity index (χ0) is 15.5. The molecule has 7 heteroatoms. The predicted octanol–water partition coefficient (Wildman–Crippen LogP) is 3.29. The molecule has 0 aliphatic carbocycles. The van der Waals surface area contributed by atoms with E-state index in [0.717, 1.165) is 17.1 Å². The van der Waals surface area contributed by atoms with E-state index in [4.69, 9.17) is 0 Å². The van der Waals surface area contributed by atoms with Gasteiger partial charge in [0, 0.05) is 17.7 Å². The van der Waals surface area contributed by atoms with Gasteiger partial charge >= 0.3 is 0 Å². The Morgan fingerprint density at radius 1 is 1.36 bits per heavy atom. The highest BCUT2D eigenvalue weighted by molar-refractivity contribution is 8.13. The number of anilines is 2. The Hall–Kier alpha value is -1.86. The molecule has 0 spiro atoms. The van der Waals surface area contributed by atoms with Crippen LogP contribution in [0.5, 0.6) is 0 Å². The molecule has 1 aliphatic heterocycles. The highest BCUT2D eigenvalue weighted by atomic mass is 32.2. The van der Waals surface area contributed by atoms with Crippen LogP contribution in [0.1, 0.15) is 5.69 Å². The van der Waals surface area contributed by atoms with Gasteiger partial charge in [0.15, 0.2) is 5.13 Å². The van der Waals surface area contributed by atoms with Crippen molar-refractivity contribution >= 4 is 45.1 Å². The summed E-state index contributed by atoms with van der Waals surface area (Å²) in [4.78, 5) is 32.1. The Morgan fingerprint density at radius 3 is 2.73 bits per heavy atom. The lowest BCUT2D eigenvalue weighted by Gasteiger charge is -2.23. The summed E-state index contributed by atoms with van der Waals surface area (Å²) in [5, 5.41) is 2.51. The van der Waals surface area contributed by atoms with Gasteiger partial charge in [0.05, 0.1) is 11.4 Å². The van der Waals surface area contributed by atoms with Crippen molar-refractivity contribution in [3.63, 3.8) is 0 Å². The molecule has 5 nitrogen and oxygen atoms in total. The molecule has 2 heterocycles. The molecule has 0 atom stereocenters. The number of nitrogens with zero attached hydrogens (tertiary/aromatic N) is 3. The van der Waals surface area contributed by atoms with Crippen molar-refractivity contribution < 1.29 is 9.59 Å². The molecule has 1 aliphatic rings. The van der Waals surface area contributed by atoms with Crippen LogP contribution in [0.25, 0.3) is 0 Å². The maximum atomic E-state index is 12.7. The maximum absolute atomic E-state index is 12.7. The topological polar surface area (TPSA) is 53.5 Å². The number of carbonyl (C=O) groups is 2. The Kier molecular flexibility index (Phi) is 4.44. The largest absolute Gasteiger partial charge is 0.323 e. The predicted molar refractivity (Wildman–Crippen MR) is 89.9 cm³/mol. The molecule has 3 rings (SSSR count). The molecule has 22 heavy (non-hydrogen) atoms. The number of amides is 2. The van der Waals surface area contributed by atoms with E-state index in [9.17, 15) is 9.59 Å². The van der Waals surface area contributed by atoms with Gasteiger partial charge in [-0.25, -0.2) is 4.98 Å². The second-order valence-electron chi connectivity index (χ2n) is 4.87. The van der Waals surface area contributed by atoms with Crippen LogP contribution in [0.15, 0.2) is 35.7 Å². The molecule has 0 radical (unpaired) electrons. The third-order valence-electron chi connectivity index (χ3n) is 3.23. The van der Waals surface area contributed by atoms with Crippen LogP contribution < -0.4 is 4.90 Å². The van der Waals surface area contributed by atoms with Crippen molar-refractivity contribution in [2.24, 2.45) is 0 Å². The average molecular weight is 333 g/mol. The number of benzene rings is 1. The Labute approximate surface area is 136 Å². The molecule has 1 aromatic carbocycles. The number of thioether (sulfide) groups is 1. The third kappa shape index (κ3) is 3.15. The molecular formula is C15H15N3O2S2. The minimum atomic E-state index is -0.142. The first-order chi connectivity index (χ1) is 10.6. The van der Waals surface area contributed by atoms with Gasteiger partial charge < -0.3 is 4.90 Å². The van der Waals surface area contributed by atoms with Crippen molar-refractivity contribution in [1.29, 1.82) is 0 Å². The van der Waals surface area contributed by atoms with Crippen LogP contribution in [0.4, 0.5) is 15.6 Å². The SMILES string of the molecule is Cc1csc(N(C(=O)CN2CCSC2=O)c2ccccc2)n1. The van der Waals surface area contributed by atoms with E-state index >= 15 is 0 Å². The van der Waals surface area contributed by atoms with Gasteiger partial charge in [0.25, 0.3) is 11.1 Å². The van der Waals surface area contributed by atoms with Gasteiger partial charge in [0.2, 0.25) is 0 Å². The van der Waals surface area contributed by atoms with Gasteiger partial charge in [-0.2, -0.15) is 0 Å². The summed E-state index contributed by atoms with van der Waals surface area (Å²) in [6, 6.07) is 9.41. The molecule has 0 N–H and O–H groups in total. The zero-order valence-corrected chi connectivity index (χ0v) is 13.7. The molecule has 0 unspecified atom stereocenters. The van der Waals surface area contributed by atoms with E-state index in [-0.39, 0.29) is 17.7 Å². The Bertz CT molecular complexity index is 687. The number of para-hydroxylation sites is 1. The quantitative estimate of drug-likeness (QED) is 0.861. The monoisotopic (exact) mass is 333 g/mol. The van der Waals surface area contributed by atoms with Crippen LogP contribution in [-0.4, -0.2) is 39.9 Å². The Morgan fingerprint density at radius 2 is 2.14 bits per heavy atom. The summed E-state index contributed by atoms with van der Waals surface area (Å²) in [5.41, 5.74) is 1.64. The summed E-state index contributed by atoms with van der Waals surface area (Å²) in [6.45, 7) is 2.60. The van der Waals surface area contributed by atoms with Gasteiger partial charge in [-0.15, -0.1) is 11.3 Å². The first kappa shape index (κ1) is 15.1. The van der Waals surface area contributed by atoms with Gasteiger partial charge in [-0.05, 0) is 19.1 Å². The first-order valence-corrected chi connectivity index (χ1v) is 8.73. The maximum Gasteiger partial charge on any atom is 0.282 e. The minimum absolute atomic E-state index is 0.0309. The van der Waals surface area contributed by atoms with Crippen LogP contribution in [0.3, 0.4) is 0 Å². The van der Waals surface area contributed by atoms with E-state index in [1.807, 2.05) is 42.6 Å². The number of carbonyl (C=O) groups excluding carboxylic acids is 2. The number of thiazole rings is 1.